The molecule has 1 aromatic carbocycles. The predicted molar refractivity (Wildman–Crippen MR) is 77.6 cm³/mol. The van der Waals surface area contributed by atoms with Gasteiger partial charge in [0.1, 0.15) is 0 Å². The molecule has 3 N–H and O–H groups in total. The molecule has 8 heteroatoms. The van der Waals surface area contributed by atoms with Crippen LogP contribution in [0.5, 0.6) is 0 Å². The summed E-state index contributed by atoms with van der Waals surface area (Å²) >= 11 is 0. The van der Waals surface area contributed by atoms with E-state index in [4.69, 9.17) is 10.2 Å². The maximum atomic E-state index is 12.1. The van der Waals surface area contributed by atoms with Crippen molar-refractivity contribution in [1.29, 1.82) is 0 Å². The van der Waals surface area contributed by atoms with E-state index in [0.29, 0.717) is 11.1 Å². The van der Waals surface area contributed by atoms with Crippen LogP contribution in [0.4, 0.5) is 0 Å². The van der Waals surface area contributed by atoms with Gasteiger partial charge >= 0.3 is 11.9 Å². The number of imide groups is 1. The van der Waals surface area contributed by atoms with Crippen molar-refractivity contribution in [3.05, 3.63) is 35.4 Å². The van der Waals surface area contributed by atoms with Gasteiger partial charge in [-0.3, -0.25) is 19.2 Å². The Morgan fingerprint density at radius 2 is 1.61 bits per heavy atom. The van der Waals surface area contributed by atoms with Crippen LogP contribution >= 0.6 is 0 Å². The summed E-state index contributed by atoms with van der Waals surface area (Å²) in [4.78, 5) is 45.8. The zero-order valence-electron chi connectivity index (χ0n) is 12.2. The minimum atomic E-state index is -1.10. The zero-order valence-corrected chi connectivity index (χ0v) is 12.2. The molecule has 0 radical (unpaired) electrons. The Kier molecular flexibility index (Phi) is 5.07. The predicted octanol–water partition coefficient (Wildman–Crippen LogP) is 0.743. The highest BCUT2D eigenvalue weighted by Gasteiger charge is 2.35. The summed E-state index contributed by atoms with van der Waals surface area (Å²) in [6.45, 7) is 0.0715. The van der Waals surface area contributed by atoms with Crippen molar-refractivity contribution < 1.29 is 29.4 Å². The lowest BCUT2D eigenvalue weighted by Crippen LogP contribution is -2.43. The Morgan fingerprint density at radius 3 is 2.09 bits per heavy atom. The summed E-state index contributed by atoms with van der Waals surface area (Å²) in [5, 5.41) is 18.5. The molecule has 23 heavy (non-hydrogen) atoms. The van der Waals surface area contributed by atoms with E-state index in [1.807, 2.05) is 0 Å². The Morgan fingerprint density at radius 1 is 1.04 bits per heavy atom. The number of aliphatic carboxylic acids is 2. The first-order valence-electron chi connectivity index (χ1n) is 7.07. The van der Waals surface area contributed by atoms with Gasteiger partial charge in [-0.25, -0.2) is 10.4 Å². The first-order chi connectivity index (χ1) is 10.9. The first kappa shape index (κ1) is 16.6. The van der Waals surface area contributed by atoms with Crippen LogP contribution in [0.15, 0.2) is 24.3 Å². The van der Waals surface area contributed by atoms with Crippen LogP contribution in [0.1, 0.15) is 40.0 Å². The standard InChI is InChI=1S/C15H16N2O6/c18-12(19)6-5-9(15(22)23)7-8-16-17-13(20)10-3-1-2-4-11(10)14(17)21/h1-4,9,16H,5-8H2,(H,18,19)(H,22,23). The van der Waals surface area contributed by atoms with Gasteiger partial charge in [-0.15, -0.1) is 0 Å². The Hall–Kier alpha value is -2.74. The Labute approximate surface area is 131 Å². The smallest absolute Gasteiger partial charge is 0.306 e. The molecule has 122 valence electrons. The third-order valence-electron chi connectivity index (χ3n) is 3.61. The molecule has 1 atom stereocenters. The van der Waals surface area contributed by atoms with Gasteiger partial charge in [0.15, 0.2) is 0 Å². The lowest BCUT2D eigenvalue weighted by atomic mass is 10.00. The van der Waals surface area contributed by atoms with E-state index in [-0.39, 0.29) is 25.8 Å². The monoisotopic (exact) mass is 320 g/mol. The van der Waals surface area contributed by atoms with E-state index < -0.39 is 29.7 Å². The summed E-state index contributed by atoms with van der Waals surface area (Å²) in [6, 6.07) is 6.40. The molecule has 1 heterocycles. The number of benzene rings is 1. The summed E-state index contributed by atoms with van der Waals surface area (Å²) < 4.78 is 0. The number of hydrazine groups is 1. The molecule has 0 bridgehead atoms. The van der Waals surface area contributed by atoms with Crippen molar-refractivity contribution in [2.24, 2.45) is 5.92 Å². The molecule has 2 amide bonds. The van der Waals surface area contributed by atoms with Gasteiger partial charge < -0.3 is 10.2 Å². The largest absolute Gasteiger partial charge is 0.481 e. The molecule has 1 aliphatic heterocycles. The topological polar surface area (TPSA) is 124 Å². The lowest BCUT2D eigenvalue weighted by molar-refractivity contribution is -0.143. The van der Waals surface area contributed by atoms with E-state index in [1.54, 1.807) is 24.3 Å². The SMILES string of the molecule is O=C(O)CCC(CCNN1C(=O)c2ccccc2C1=O)C(=O)O. The second kappa shape index (κ2) is 7.01. The van der Waals surface area contributed by atoms with Crippen molar-refractivity contribution in [2.45, 2.75) is 19.3 Å². The van der Waals surface area contributed by atoms with Crippen molar-refractivity contribution >= 4 is 23.8 Å². The highest BCUT2D eigenvalue weighted by atomic mass is 16.4. The van der Waals surface area contributed by atoms with Gasteiger partial charge in [-0.1, -0.05) is 12.1 Å². The average molecular weight is 320 g/mol. The van der Waals surface area contributed by atoms with Gasteiger partial charge in [0, 0.05) is 13.0 Å². The maximum absolute atomic E-state index is 12.1. The van der Waals surface area contributed by atoms with E-state index >= 15 is 0 Å². The van der Waals surface area contributed by atoms with Gasteiger partial charge in [-0.2, -0.15) is 0 Å². The number of carbonyl (C=O) groups excluding carboxylic acids is 2. The number of amides is 2. The molecule has 1 aromatic rings. The number of carbonyl (C=O) groups is 4. The number of carboxylic acids is 2. The van der Waals surface area contributed by atoms with Gasteiger partial charge in [0.05, 0.1) is 17.0 Å². The average Bonchev–Trinajstić information content (AvgIpc) is 2.75. The van der Waals surface area contributed by atoms with E-state index in [0.717, 1.165) is 5.01 Å². The first-order valence-corrected chi connectivity index (χ1v) is 7.07. The van der Waals surface area contributed by atoms with Crippen LogP contribution < -0.4 is 5.43 Å². The Balaban J connectivity index is 1.91. The highest BCUT2D eigenvalue weighted by molar-refractivity contribution is 6.20. The molecule has 1 unspecified atom stereocenters. The van der Waals surface area contributed by atoms with E-state index in [9.17, 15) is 19.2 Å². The molecule has 1 aliphatic rings. The second-order valence-electron chi connectivity index (χ2n) is 5.16. The number of rotatable bonds is 8. The fraction of sp³-hybridized carbons (Fsp3) is 0.333. The lowest BCUT2D eigenvalue weighted by Gasteiger charge is -2.17. The van der Waals surface area contributed by atoms with Gasteiger partial charge in [0.2, 0.25) is 0 Å². The van der Waals surface area contributed by atoms with Gasteiger partial charge in [-0.05, 0) is 25.0 Å². The van der Waals surface area contributed by atoms with Crippen LogP contribution in [-0.4, -0.2) is 45.5 Å². The van der Waals surface area contributed by atoms with Gasteiger partial charge in [0.25, 0.3) is 11.8 Å². The van der Waals surface area contributed by atoms with Crippen LogP contribution in [0, 0.1) is 5.92 Å². The molecule has 2 rings (SSSR count). The van der Waals surface area contributed by atoms with E-state index in [1.165, 1.54) is 0 Å². The normalized spacial score (nSPS) is 14.7. The molecule has 0 spiro atoms. The third-order valence-corrected chi connectivity index (χ3v) is 3.61. The number of hydrogen-bond acceptors (Lipinski definition) is 5. The van der Waals surface area contributed by atoms with E-state index in [2.05, 4.69) is 5.43 Å². The maximum Gasteiger partial charge on any atom is 0.306 e. The van der Waals surface area contributed by atoms with Crippen molar-refractivity contribution in [3.8, 4) is 0 Å². The molecule has 0 saturated heterocycles. The quantitative estimate of drug-likeness (QED) is 0.603. The van der Waals surface area contributed by atoms with Crippen LogP contribution in [-0.2, 0) is 9.59 Å². The fourth-order valence-electron chi connectivity index (χ4n) is 2.37. The molecule has 8 nitrogen and oxygen atoms in total. The number of hydrogen-bond donors (Lipinski definition) is 3. The highest BCUT2D eigenvalue weighted by Crippen LogP contribution is 2.21. The van der Waals surface area contributed by atoms with Crippen molar-refractivity contribution in [3.63, 3.8) is 0 Å². The Bertz CT molecular complexity index is 622. The zero-order chi connectivity index (χ0) is 17.0. The molecular formula is C15H16N2O6. The van der Waals surface area contributed by atoms with Crippen LogP contribution in [0.25, 0.3) is 0 Å². The molecule has 0 fully saturated rings. The number of carboxylic acid groups (broad SMARTS) is 2. The minimum Gasteiger partial charge on any atom is -0.481 e. The molecular weight excluding hydrogens is 304 g/mol. The number of fused-ring (bicyclic) bond motifs is 1. The summed E-state index contributed by atoms with van der Waals surface area (Å²) in [7, 11) is 0. The fourth-order valence-corrected chi connectivity index (χ4v) is 2.37. The molecule has 0 aromatic heterocycles. The summed E-state index contributed by atoms with van der Waals surface area (Å²) in [6.07, 6.45) is -0.144. The summed E-state index contributed by atoms with van der Waals surface area (Å²) in [5.74, 6) is -3.99. The number of nitrogens with zero attached hydrogens (tertiary/aromatic N) is 1. The van der Waals surface area contributed by atoms with Crippen LogP contribution in [0.2, 0.25) is 0 Å². The third kappa shape index (κ3) is 3.72. The van der Waals surface area contributed by atoms with Crippen molar-refractivity contribution in [2.75, 3.05) is 6.54 Å². The minimum absolute atomic E-state index is 0.00549. The molecule has 0 saturated carbocycles. The van der Waals surface area contributed by atoms with Crippen LogP contribution in [0.3, 0.4) is 0 Å². The van der Waals surface area contributed by atoms with Crippen molar-refractivity contribution in [1.82, 2.24) is 10.4 Å². The molecule has 0 aliphatic carbocycles. The summed E-state index contributed by atoms with van der Waals surface area (Å²) in [5.41, 5.74) is 3.22. The number of nitrogens with one attached hydrogen (secondary N) is 1. The second-order valence-corrected chi connectivity index (χ2v) is 5.16.